The Bertz CT molecular complexity index is 593. The van der Waals surface area contributed by atoms with Crippen molar-refractivity contribution in [1.82, 2.24) is 10.2 Å². The molecule has 3 N–H and O–H groups in total. The highest BCUT2D eigenvalue weighted by Crippen LogP contribution is 2.30. The Balaban J connectivity index is 1.99. The van der Waals surface area contributed by atoms with Gasteiger partial charge in [-0.1, -0.05) is 11.3 Å². The number of nitrogens with one attached hydrogen (secondary N) is 1. The van der Waals surface area contributed by atoms with Gasteiger partial charge >= 0.3 is 0 Å². The Kier molecular flexibility index (Phi) is 2.38. The molecule has 0 fully saturated rings. The molecule has 2 heterocycles. The van der Waals surface area contributed by atoms with Gasteiger partial charge in [0.1, 0.15) is 10.0 Å². The van der Waals surface area contributed by atoms with Crippen LogP contribution in [-0.4, -0.2) is 16.1 Å². The zero-order chi connectivity index (χ0) is 11.8. The maximum absolute atomic E-state index is 11.2. The fraction of sp³-hybridized carbons (Fsp3) is 0.182. The van der Waals surface area contributed by atoms with Crippen molar-refractivity contribution in [1.29, 1.82) is 0 Å². The molecule has 0 saturated heterocycles. The number of nitrogens with two attached hydrogens (primary N) is 1. The number of anilines is 1. The van der Waals surface area contributed by atoms with Gasteiger partial charge < -0.3 is 11.1 Å². The Morgan fingerprint density at radius 3 is 3.06 bits per heavy atom. The highest BCUT2D eigenvalue weighted by Gasteiger charge is 2.18. The molecule has 0 spiro atoms. The molecule has 5 nitrogen and oxygen atoms in total. The van der Waals surface area contributed by atoms with Gasteiger partial charge in [0.15, 0.2) is 0 Å². The Labute approximate surface area is 102 Å². The van der Waals surface area contributed by atoms with Gasteiger partial charge in [-0.25, -0.2) is 0 Å². The van der Waals surface area contributed by atoms with Crippen molar-refractivity contribution < 1.29 is 4.79 Å². The van der Waals surface area contributed by atoms with Crippen molar-refractivity contribution in [2.75, 3.05) is 5.32 Å². The largest absolute Gasteiger partial charge is 0.326 e. The molecular weight excluding hydrogens is 236 g/mol. The van der Waals surface area contributed by atoms with E-state index in [1.54, 1.807) is 0 Å². The third-order valence-electron chi connectivity index (χ3n) is 2.62. The van der Waals surface area contributed by atoms with Crippen LogP contribution in [0.4, 0.5) is 5.69 Å². The quantitative estimate of drug-likeness (QED) is 0.833. The number of fused-ring (bicyclic) bond motifs is 1. The Morgan fingerprint density at radius 2 is 2.29 bits per heavy atom. The molecule has 1 amide bonds. The highest BCUT2D eigenvalue weighted by atomic mass is 32.1. The summed E-state index contributed by atoms with van der Waals surface area (Å²) in [6.07, 6.45) is 0.436. The second kappa shape index (κ2) is 3.90. The number of hydrogen-bond donors (Lipinski definition) is 2. The molecule has 1 aliphatic rings. The Hall–Kier alpha value is -1.79. The number of rotatable bonds is 2. The number of nitrogens with zero attached hydrogens (tertiary/aromatic N) is 2. The van der Waals surface area contributed by atoms with Crippen LogP contribution < -0.4 is 11.1 Å². The van der Waals surface area contributed by atoms with Crippen LogP contribution in [-0.2, 0) is 17.8 Å². The van der Waals surface area contributed by atoms with E-state index in [2.05, 4.69) is 15.5 Å². The molecule has 0 saturated carbocycles. The van der Waals surface area contributed by atoms with E-state index in [0.717, 1.165) is 26.8 Å². The van der Waals surface area contributed by atoms with Crippen molar-refractivity contribution >= 4 is 22.9 Å². The third-order valence-corrected chi connectivity index (χ3v) is 3.61. The van der Waals surface area contributed by atoms with Crippen LogP contribution in [0.1, 0.15) is 10.6 Å². The van der Waals surface area contributed by atoms with Crippen molar-refractivity contribution in [3.63, 3.8) is 0 Å². The summed E-state index contributed by atoms with van der Waals surface area (Å²) in [7, 11) is 0. The lowest BCUT2D eigenvalue weighted by Crippen LogP contribution is -2.03. The molecule has 1 aromatic carbocycles. The first-order valence-electron chi connectivity index (χ1n) is 5.22. The Morgan fingerprint density at radius 1 is 1.41 bits per heavy atom. The summed E-state index contributed by atoms with van der Waals surface area (Å²) < 4.78 is 0. The smallest absolute Gasteiger partial charge is 0.228 e. The summed E-state index contributed by atoms with van der Waals surface area (Å²) in [4.78, 5) is 11.2. The number of aromatic nitrogens is 2. The third kappa shape index (κ3) is 1.81. The van der Waals surface area contributed by atoms with Crippen LogP contribution in [0.25, 0.3) is 10.6 Å². The molecule has 0 aliphatic carbocycles. The van der Waals surface area contributed by atoms with E-state index in [4.69, 9.17) is 5.73 Å². The molecule has 0 unspecified atom stereocenters. The molecule has 0 atom stereocenters. The lowest BCUT2D eigenvalue weighted by atomic mass is 10.1. The summed E-state index contributed by atoms with van der Waals surface area (Å²) in [6, 6.07) is 5.82. The number of benzene rings is 1. The normalized spacial score (nSPS) is 13.6. The van der Waals surface area contributed by atoms with E-state index in [9.17, 15) is 4.79 Å². The summed E-state index contributed by atoms with van der Waals surface area (Å²) in [6.45, 7) is 0.405. The van der Waals surface area contributed by atoms with Gasteiger partial charge in [0.05, 0.1) is 6.42 Å². The van der Waals surface area contributed by atoms with Crippen molar-refractivity contribution in [3.05, 3.63) is 28.8 Å². The first-order valence-corrected chi connectivity index (χ1v) is 6.03. The van der Waals surface area contributed by atoms with Crippen molar-refractivity contribution in [2.45, 2.75) is 13.0 Å². The molecule has 0 radical (unpaired) electrons. The van der Waals surface area contributed by atoms with Gasteiger partial charge in [-0.15, -0.1) is 10.2 Å². The van der Waals surface area contributed by atoms with Crippen LogP contribution in [0.15, 0.2) is 18.2 Å². The van der Waals surface area contributed by atoms with Gasteiger partial charge in [0, 0.05) is 17.8 Å². The number of hydrogen-bond acceptors (Lipinski definition) is 5. The van der Waals surface area contributed by atoms with Crippen molar-refractivity contribution in [3.8, 4) is 10.6 Å². The second-order valence-electron chi connectivity index (χ2n) is 3.80. The van der Waals surface area contributed by atoms with Gasteiger partial charge in [-0.3, -0.25) is 4.79 Å². The van der Waals surface area contributed by atoms with Crippen LogP contribution in [0.2, 0.25) is 0 Å². The van der Waals surface area contributed by atoms with Crippen LogP contribution >= 0.6 is 11.3 Å². The number of carbonyl (C=O) groups excluding carboxylic acids is 1. The monoisotopic (exact) mass is 246 g/mol. The summed E-state index contributed by atoms with van der Waals surface area (Å²) in [5.41, 5.74) is 8.39. The number of amides is 1. The summed E-state index contributed by atoms with van der Waals surface area (Å²) in [5.74, 6) is 0.0389. The summed E-state index contributed by atoms with van der Waals surface area (Å²) in [5, 5.41) is 12.5. The van der Waals surface area contributed by atoms with Crippen molar-refractivity contribution in [2.24, 2.45) is 5.73 Å². The fourth-order valence-corrected chi connectivity index (χ4v) is 2.53. The van der Waals surface area contributed by atoms with Crippen LogP contribution in [0.3, 0.4) is 0 Å². The van der Waals surface area contributed by atoms with E-state index in [1.165, 1.54) is 11.3 Å². The maximum atomic E-state index is 11.2. The zero-order valence-electron chi connectivity index (χ0n) is 8.93. The minimum Gasteiger partial charge on any atom is -0.326 e. The SMILES string of the molecule is NCc1nnc(-c2ccc3c(c2)CC(=O)N3)s1. The number of carbonyl (C=O) groups is 1. The van der Waals surface area contributed by atoms with Crippen LogP contribution in [0.5, 0.6) is 0 Å². The molecule has 1 aliphatic heterocycles. The molecule has 1 aromatic heterocycles. The first kappa shape index (κ1) is 10.4. The minimum atomic E-state index is 0.0389. The lowest BCUT2D eigenvalue weighted by molar-refractivity contribution is -0.115. The van der Waals surface area contributed by atoms with Gasteiger partial charge in [0.25, 0.3) is 0 Å². The van der Waals surface area contributed by atoms with Crippen LogP contribution in [0, 0.1) is 0 Å². The maximum Gasteiger partial charge on any atom is 0.228 e. The molecule has 3 rings (SSSR count). The van der Waals surface area contributed by atoms with E-state index >= 15 is 0 Å². The van der Waals surface area contributed by atoms with E-state index in [-0.39, 0.29) is 5.91 Å². The standard InChI is InChI=1S/C11H10N4OS/c12-5-10-14-15-11(17-10)6-1-2-8-7(3-6)4-9(16)13-8/h1-3H,4-5,12H2,(H,13,16). The topological polar surface area (TPSA) is 80.9 Å². The molecule has 2 aromatic rings. The van der Waals surface area contributed by atoms with Gasteiger partial charge in [-0.05, 0) is 23.8 Å². The molecular formula is C11H10N4OS. The van der Waals surface area contributed by atoms with E-state index in [0.29, 0.717) is 13.0 Å². The van der Waals surface area contributed by atoms with E-state index in [1.807, 2.05) is 18.2 Å². The minimum absolute atomic E-state index is 0.0389. The lowest BCUT2D eigenvalue weighted by Gasteiger charge is -2.00. The average molecular weight is 246 g/mol. The predicted octanol–water partition coefficient (Wildman–Crippen LogP) is 1.16. The van der Waals surface area contributed by atoms with Gasteiger partial charge in [-0.2, -0.15) is 0 Å². The molecule has 17 heavy (non-hydrogen) atoms. The second-order valence-corrected chi connectivity index (χ2v) is 4.86. The van der Waals surface area contributed by atoms with E-state index < -0.39 is 0 Å². The predicted molar refractivity (Wildman–Crippen MR) is 65.6 cm³/mol. The summed E-state index contributed by atoms with van der Waals surface area (Å²) >= 11 is 1.48. The molecule has 86 valence electrons. The average Bonchev–Trinajstić information content (AvgIpc) is 2.92. The molecule has 0 bridgehead atoms. The van der Waals surface area contributed by atoms with Gasteiger partial charge in [0.2, 0.25) is 5.91 Å². The first-order chi connectivity index (χ1) is 8.26. The molecule has 6 heteroatoms. The zero-order valence-corrected chi connectivity index (χ0v) is 9.75. The fourth-order valence-electron chi connectivity index (χ4n) is 1.82. The highest BCUT2D eigenvalue weighted by molar-refractivity contribution is 7.14.